The van der Waals surface area contributed by atoms with E-state index in [2.05, 4.69) is 350 Å². The Bertz CT molecular complexity index is 3340. The van der Waals surface area contributed by atoms with Crippen molar-refractivity contribution in [2.75, 3.05) is 0 Å². The molecule has 530 valence electrons. The van der Waals surface area contributed by atoms with Crippen molar-refractivity contribution in [3.8, 4) is 0 Å². The highest BCUT2D eigenvalue weighted by Crippen LogP contribution is 2.70. The maximum Gasteiger partial charge on any atom is 0.0126 e. The van der Waals surface area contributed by atoms with Crippen LogP contribution >= 0.6 is 30.2 Å². The molecule has 2 aliphatic rings. The van der Waals surface area contributed by atoms with E-state index in [0.717, 1.165) is 25.2 Å². The molecule has 5 aromatic rings. The monoisotopic (exact) mass is 1370 g/mol. The Kier molecular flexibility index (Phi) is 22.3. The van der Waals surface area contributed by atoms with Gasteiger partial charge in [0.05, 0.1) is 0 Å². The molecular weight excluding hydrogens is 1230 g/mol. The van der Waals surface area contributed by atoms with E-state index in [1.165, 1.54) is 22.3 Å². The Labute approximate surface area is 597 Å². The predicted molar refractivity (Wildman–Crippen MR) is 448 cm³/mol. The van der Waals surface area contributed by atoms with Crippen LogP contribution in [0.1, 0.15) is 390 Å². The van der Waals surface area contributed by atoms with Crippen molar-refractivity contribution in [1.82, 2.24) is 0 Å². The first kappa shape index (κ1) is 80.4. The smallest absolute Gasteiger partial charge is 0.0126 e. The molecule has 7 rings (SSSR count). The standard InChI is InChI=1S/C92H142P4/c1-41-57(3)95-77(73-65(85(17,18)19)47-61(81(5,6)7)48-66(73)86(20,21)22)93(78(95)74-67(87(23,24)25)49-62(82(8,9)10)50-68(74)88(26,27)28)55-59-45-43-44-46-60(59)56-94-79(75-69(89(29,30)31)51-63(83(11,12)13)52-70(75)90(32,33)34)96(58(4)42-2)80(94)76-71(91(35,36)37)53-64(84(14,15)16)54-72(76)92(38,39)40/h43-54,57-58H,41-42,55-56H2,1-40H3. The number of hydrogen-bond donors (Lipinski definition) is 0. The molecule has 0 N–H and O–H groups in total. The van der Waals surface area contributed by atoms with Crippen LogP contribution in [0.25, 0.3) is 0 Å². The van der Waals surface area contributed by atoms with E-state index in [4.69, 9.17) is 0 Å². The van der Waals surface area contributed by atoms with Gasteiger partial charge in [0.1, 0.15) is 0 Å². The SMILES string of the molecule is CCC(C)P1C(c2c(C(C)(C)C)cc(C(C)(C)C)cc2C(C)(C)C)=P(Cc2ccccc2CP2=C(c3c(C(C)(C)C)cc(C(C)(C)C)cc3C(C)(C)C)P(C(C)CC)C=2c2c(C(C)(C)C)cc(C(C)(C)C)cc2C(C)(C)C)=C1c1c(C(C)(C)C)cc(C(C)(C)C)cc1C(C)(C)C. The molecule has 2 atom stereocenters. The second kappa shape index (κ2) is 26.7. The number of hydrogen-bond acceptors (Lipinski definition) is 0. The summed E-state index contributed by atoms with van der Waals surface area (Å²) in [5.74, 6) is 0. The molecule has 2 unspecified atom stereocenters. The highest BCUT2D eigenvalue weighted by molar-refractivity contribution is 8.15. The van der Waals surface area contributed by atoms with Crippen molar-refractivity contribution in [2.24, 2.45) is 0 Å². The van der Waals surface area contributed by atoms with Gasteiger partial charge in [-0.15, -0.1) is 14.3 Å². The van der Waals surface area contributed by atoms with Gasteiger partial charge in [0, 0.05) is 32.5 Å². The van der Waals surface area contributed by atoms with E-state index in [-0.39, 0.29) is 65.0 Å². The van der Waals surface area contributed by atoms with Crippen LogP contribution in [0.5, 0.6) is 0 Å². The number of rotatable bonds is 12. The summed E-state index contributed by atoms with van der Waals surface area (Å²) in [4.78, 5) is 0. The lowest BCUT2D eigenvalue weighted by Crippen LogP contribution is -2.33. The van der Waals surface area contributed by atoms with E-state index in [0.29, 0.717) is 11.3 Å². The average molecular weight is 1370 g/mol. The van der Waals surface area contributed by atoms with E-state index in [1.807, 2.05) is 20.1 Å². The fourth-order valence-electron chi connectivity index (χ4n) is 14.6. The minimum absolute atomic E-state index is 0.000572. The molecule has 0 nitrogen and oxygen atoms in total. The highest BCUT2D eigenvalue weighted by atomic mass is 31.2. The van der Waals surface area contributed by atoms with Gasteiger partial charge in [0.25, 0.3) is 0 Å². The third kappa shape index (κ3) is 16.4. The van der Waals surface area contributed by atoms with E-state index in [9.17, 15) is 0 Å². The molecule has 0 aliphatic carbocycles. The Morgan fingerprint density at radius 3 is 0.531 bits per heavy atom. The van der Waals surface area contributed by atoms with Crippen LogP contribution in [-0.2, 0) is 77.3 Å². The summed E-state index contributed by atoms with van der Waals surface area (Å²) in [5, 5.41) is 7.32. The molecule has 0 radical (unpaired) electrons. The average Bonchev–Trinajstić information content (AvgIpc) is 0.701. The Morgan fingerprint density at radius 2 is 0.406 bits per heavy atom. The van der Waals surface area contributed by atoms with Crippen molar-refractivity contribution in [3.05, 3.63) is 173 Å². The third-order valence-electron chi connectivity index (χ3n) is 21.1. The predicted octanol–water partition coefficient (Wildman–Crippen LogP) is 28.5. The molecule has 0 aromatic heterocycles. The minimum Gasteiger partial charge on any atom is -0.103 e. The third-order valence-corrected chi connectivity index (χ3v) is 36.1. The lowest BCUT2D eigenvalue weighted by atomic mass is 9.72. The quantitative estimate of drug-likeness (QED) is 0.109. The van der Waals surface area contributed by atoms with Crippen molar-refractivity contribution >= 4 is 50.3 Å². The van der Waals surface area contributed by atoms with E-state index < -0.39 is 30.2 Å². The lowest BCUT2D eigenvalue weighted by molar-refractivity contribution is 0.546. The fourth-order valence-corrected chi connectivity index (χ4v) is 32.0. The summed E-state index contributed by atoms with van der Waals surface area (Å²) in [6.07, 6.45) is 4.39. The second-order valence-electron chi connectivity index (χ2n) is 42.3. The largest absolute Gasteiger partial charge is 0.103 e. The summed E-state index contributed by atoms with van der Waals surface area (Å²) in [6.45, 7) is 100. The zero-order valence-electron chi connectivity index (χ0n) is 69.7. The maximum atomic E-state index is 2.70. The van der Waals surface area contributed by atoms with Crippen LogP contribution in [0.2, 0.25) is 0 Å². The molecule has 2 heterocycles. The summed E-state index contributed by atoms with van der Waals surface area (Å²) >= 11 is 0. The molecule has 0 saturated carbocycles. The van der Waals surface area contributed by atoms with Crippen molar-refractivity contribution in [3.63, 3.8) is 0 Å². The molecule has 5 aromatic carbocycles. The topological polar surface area (TPSA) is 0 Å². The van der Waals surface area contributed by atoms with Gasteiger partial charge < -0.3 is 0 Å². The molecule has 96 heavy (non-hydrogen) atoms. The molecule has 0 spiro atoms. The van der Waals surface area contributed by atoms with Crippen molar-refractivity contribution in [1.29, 1.82) is 0 Å². The lowest BCUT2D eigenvalue weighted by Gasteiger charge is -2.46. The summed E-state index contributed by atoms with van der Waals surface area (Å²) in [5.41, 5.74) is 28.3. The van der Waals surface area contributed by atoms with Gasteiger partial charge in [-0.1, -0.05) is 350 Å². The molecule has 4 heteroatoms. The van der Waals surface area contributed by atoms with Crippen LogP contribution in [0, 0.1) is 0 Å². The van der Waals surface area contributed by atoms with Crippen molar-refractivity contribution in [2.45, 2.75) is 378 Å². The van der Waals surface area contributed by atoms with E-state index in [1.54, 1.807) is 77.9 Å². The first-order valence-electron chi connectivity index (χ1n) is 37.5. The molecule has 0 amide bonds. The normalized spacial score (nSPS) is 18.5. The second-order valence-corrected chi connectivity index (χ2v) is 52.9. The zero-order valence-corrected chi connectivity index (χ0v) is 73.3. The van der Waals surface area contributed by atoms with Crippen LogP contribution in [0.15, 0.2) is 72.8 Å². The molecule has 0 saturated heterocycles. The first-order valence-corrected chi connectivity index (χ1v) is 43.4. The molecule has 0 bridgehead atoms. The van der Waals surface area contributed by atoms with Gasteiger partial charge >= 0.3 is 0 Å². The van der Waals surface area contributed by atoms with Crippen LogP contribution in [-0.4, -0.2) is 31.5 Å². The van der Waals surface area contributed by atoms with Gasteiger partial charge in [-0.3, -0.25) is 0 Å². The summed E-state index contributed by atoms with van der Waals surface area (Å²) in [6, 6.07) is 31.7. The summed E-state index contributed by atoms with van der Waals surface area (Å²) in [7, 11) is -3.21. The number of benzene rings is 5. The van der Waals surface area contributed by atoms with E-state index >= 15 is 0 Å². The molecule has 2 aliphatic heterocycles. The van der Waals surface area contributed by atoms with Crippen LogP contribution < -0.4 is 0 Å². The maximum absolute atomic E-state index is 2.70. The zero-order chi connectivity index (χ0) is 73.5. The molecular formula is C92H142P4. The Hall–Kier alpha value is -2.96. The van der Waals surface area contributed by atoms with Gasteiger partial charge in [0.15, 0.2) is 0 Å². The highest BCUT2D eigenvalue weighted by Gasteiger charge is 2.47. The van der Waals surface area contributed by atoms with Crippen LogP contribution in [0.4, 0.5) is 0 Å². The molecule has 0 fully saturated rings. The van der Waals surface area contributed by atoms with Gasteiger partial charge in [-0.25, -0.2) is 0 Å². The van der Waals surface area contributed by atoms with Crippen molar-refractivity contribution < 1.29 is 0 Å². The van der Waals surface area contributed by atoms with Gasteiger partial charge in [-0.05, 0) is 205 Å². The van der Waals surface area contributed by atoms with Crippen LogP contribution in [0.3, 0.4) is 0 Å². The van der Waals surface area contributed by atoms with Gasteiger partial charge in [-0.2, -0.15) is 0 Å². The summed E-state index contributed by atoms with van der Waals surface area (Å²) < 4.78 is 0. The Morgan fingerprint density at radius 1 is 0.250 bits per heavy atom. The van der Waals surface area contributed by atoms with Gasteiger partial charge in [0.2, 0.25) is 0 Å². The first-order chi connectivity index (χ1) is 43.0. The Balaban J connectivity index is 1.84. The fraction of sp³-hybridized carbons (Fsp3) is 0.630. The minimum atomic E-state index is -0.871.